The summed E-state index contributed by atoms with van der Waals surface area (Å²) in [7, 11) is 1.74. The SMILES string of the molecule is CCCCOc1ccc(CNCC(C)(C)OC)cc1. The third kappa shape index (κ3) is 6.60. The number of hydrogen-bond acceptors (Lipinski definition) is 3. The van der Waals surface area contributed by atoms with E-state index in [0.717, 1.165) is 38.3 Å². The van der Waals surface area contributed by atoms with E-state index < -0.39 is 0 Å². The van der Waals surface area contributed by atoms with Crippen LogP contribution in [0.1, 0.15) is 39.2 Å². The first-order valence-corrected chi connectivity index (χ1v) is 7.05. The zero-order valence-corrected chi connectivity index (χ0v) is 12.7. The summed E-state index contributed by atoms with van der Waals surface area (Å²) < 4.78 is 11.0. The fourth-order valence-corrected chi connectivity index (χ4v) is 1.62. The molecule has 19 heavy (non-hydrogen) atoms. The molecular formula is C16H27NO2. The third-order valence-corrected chi connectivity index (χ3v) is 3.12. The number of methoxy groups -OCH3 is 1. The van der Waals surface area contributed by atoms with Gasteiger partial charge in [0.25, 0.3) is 0 Å². The van der Waals surface area contributed by atoms with E-state index in [0.29, 0.717) is 0 Å². The molecule has 0 radical (unpaired) electrons. The van der Waals surface area contributed by atoms with Crippen LogP contribution in [0.25, 0.3) is 0 Å². The van der Waals surface area contributed by atoms with Crippen molar-refractivity contribution in [2.45, 2.75) is 45.8 Å². The van der Waals surface area contributed by atoms with Crippen molar-refractivity contribution in [1.29, 1.82) is 0 Å². The maximum absolute atomic E-state index is 5.64. The van der Waals surface area contributed by atoms with Gasteiger partial charge < -0.3 is 14.8 Å². The Morgan fingerprint density at radius 1 is 1.16 bits per heavy atom. The normalized spacial score (nSPS) is 11.6. The van der Waals surface area contributed by atoms with Crippen LogP contribution in [0.3, 0.4) is 0 Å². The summed E-state index contributed by atoms with van der Waals surface area (Å²) in [4.78, 5) is 0. The first-order valence-electron chi connectivity index (χ1n) is 7.05. The van der Waals surface area contributed by atoms with Gasteiger partial charge in [0.1, 0.15) is 5.75 Å². The summed E-state index contributed by atoms with van der Waals surface area (Å²) in [5.74, 6) is 0.953. The van der Waals surface area contributed by atoms with Crippen LogP contribution in [-0.2, 0) is 11.3 Å². The van der Waals surface area contributed by atoms with Crippen molar-refractivity contribution in [3.05, 3.63) is 29.8 Å². The van der Waals surface area contributed by atoms with E-state index in [1.54, 1.807) is 7.11 Å². The van der Waals surface area contributed by atoms with E-state index in [9.17, 15) is 0 Å². The first kappa shape index (κ1) is 16.0. The molecule has 0 aromatic heterocycles. The molecule has 1 aromatic carbocycles. The smallest absolute Gasteiger partial charge is 0.119 e. The number of hydrogen-bond donors (Lipinski definition) is 1. The Morgan fingerprint density at radius 2 is 1.84 bits per heavy atom. The lowest BCUT2D eigenvalue weighted by molar-refractivity contribution is 0.0230. The van der Waals surface area contributed by atoms with E-state index >= 15 is 0 Å². The Morgan fingerprint density at radius 3 is 2.42 bits per heavy atom. The molecular weight excluding hydrogens is 238 g/mol. The molecule has 0 bridgehead atoms. The molecule has 3 heteroatoms. The second-order valence-electron chi connectivity index (χ2n) is 5.41. The van der Waals surface area contributed by atoms with Crippen LogP contribution in [0.15, 0.2) is 24.3 Å². The lowest BCUT2D eigenvalue weighted by Gasteiger charge is -2.23. The number of unbranched alkanes of at least 4 members (excludes halogenated alkanes) is 1. The van der Waals surface area contributed by atoms with Crippen molar-refractivity contribution in [1.82, 2.24) is 5.32 Å². The predicted octanol–water partition coefficient (Wildman–Crippen LogP) is 3.38. The maximum Gasteiger partial charge on any atom is 0.119 e. The minimum atomic E-state index is -0.122. The molecule has 108 valence electrons. The van der Waals surface area contributed by atoms with E-state index in [4.69, 9.17) is 9.47 Å². The van der Waals surface area contributed by atoms with Gasteiger partial charge in [-0.05, 0) is 38.0 Å². The quantitative estimate of drug-likeness (QED) is 0.694. The van der Waals surface area contributed by atoms with Gasteiger partial charge in [-0.2, -0.15) is 0 Å². The van der Waals surface area contributed by atoms with Gasteiger partial charge in [0.05, 0.1) is 12.2 Å². The zero-order valence-electron chi connectivity index (χ0n) is 12.7. The van der Waals surface area contributed by atoms with Crippen LogP contribution in [0.5, 0.6) is 5.75 Å². The van der Waals surface area contributed by atoms with Gasteiger partial charge in [-0.1, -0.05) is 25.5 Å². The van der Waals surface area contributed by atoms with Crippen LogP contribution >= 0.6 is 0 Å². The molecule has 0 aliphatic rings. The molecule has 0 saturated heterocycles. The second kappa shape index (κ2) is 8.18. The van der Waals surface area contributed by atoms with Crippen LogP contribution < -0.4 is 10.1 Å². The summed E-state index contributed by atoms with van der Waals surface area (Å²) in [6.45, 7) is 8.80. The Labute approximate surface area is 117 Å². The van der Waals surface area contributed by atoms with Crippen molar-refractivity contribution < 1.29 is 9.47 Å². The van der Waals surface area contributed by atoms with Crippen molar-refractivity contribution >= 4 is 0 Å². The molecule has 1 N–H and O–H groups in total. The standard InChI is InChI=1S/C16H27NO2/c1-5-6-11-19-15-9-7-14(8-10-15)12-17-13-16(2,3)18-4/h7-10,17H,5-6,11-13H2,1-4H3. The topological polar surface area (TPSA) is 30.5 Å². The summed E-state index contributed by atoms with van der Waals surface area (Å²) >= 11 is 0. The van der Waals surface area contributed by atoms with Crippen molar-refractivity contribution in [3.63, 3.8) is 0 Å². The second-order valence-corrected chi connectivity index (χ2v) is 5.41. The van der Waals surface area contributed by atoms with Crippen molar-refractivity contribution in [2.75, 3.05) is 20.3 Å². The number of ether oxygens (including phenoxy) is 2. The highest BCUT2D eigenvalue weighted by molar-refractivity contribution is 5.27. The fraction of sp³-hybridized carbons (Fsp3) is 0.625. The lowest BCUT2D eigenvalue weighted by Crippen LogP contribution is -2.36. The molecule has 0 saturated carbocycles. The largest absolute Gasteiger partial charge is 0.494 e. The summed E-state index contributed by atoms with van der Waals surface area (Å²) in [6.07, 6.45) is 2.27. The lowest BCUT2D eigenvalue weighted by atomic mass is 10.1. The molecule has 0 atom stereocenters. The minimum absolute atomic E-state index is 0.122. The fourth-order valence-electron chi connectivity index (χ4n) is 1.62. The third-order valence-electron chi connectivity index (χ3n) is 3.12. The van der Waals surface area contributed by atoms with E-state index in [2.05, 4.69) is 38.2 Å². The highest BCUT2D eigenvalue weighted by Crippen LogP contribution is 2.13. The Bertz CT molecular complexity index is 346. The average molecular weight is 265 g/mol. The highest BCUT2D eigenvalue weighted by Gasteiger charge is 2.14. The molecule has 0 fully saturated rings. The predicted molar refractivity (Wildman–Crippen MR) is 79.6 cm³/mol. The average Bonchev–Trinajstić information content (AvgIpc) is 2.41. The Balaban J connectivity index is 2.32. The number of benzene rings is 1. The van der Waals surface area contributed by atoms with Crippen LogP contribution in [0.4, 0.5) is 0 Å². The summed E-state index contributed by atoms with van der Waals surface area (Å²) in [6, 6.07) is 8.28. The van der Waals surface area contributed by atoms with E-state index in [1.165, 1.54) is 5.56 Å². The van der Waals surface area contributed by atoms with Gasteiger partial charge in [-0.25, -0.2) is 0 Å². The van der Waals surface area contributed by atoms with Gasteiger partial charge in [0.2, 0.25) is 0 Å². The van der Waals surface area contributed by atoms with Crippen molar-refractivity contribution in [3.8, 4) is 5.75 Å². The zero-order chi connectivity index (χ0) is 14.1. The first-order chi connectivity index (χ1) is 9.07. The van der Waals surface area contributed by atoms with E-state index in [1.807, 2.05) is 12.1 Å². The number of rotatable bonds is 9. The maximum atomic E-state index is 5.64. The van der Waals surface area contributed by atoms with Crippen LogP contribution in [-0.4, -0.2) is 25.9 Å². The van der Waals surface area contributed by atoms with Gasteiger partial charge in [-0.3, -0.25) is 0 Å². The molecule has 1 aromatic rings. The molecule has 0 amide bonds. The van der Waals surface area contributed by atoms with Gasteiger partial charge in [0.15, 0.2) is 0 Å². The highest BCUT2D eigenvalue weighted by atomic mass is 16.5. The Kier molecular flexibility index (Phi) is 6.89. The molecule has 1 rings (SSSR count). The molecule has 0 spiro atoms. The summed E-state index contributed by atoms with van der Waals surface area (Å²) in [5, 5.41) is 3.40. The van der Waals surface area contributed by atoms with Gasteiger partial charge in [0, 0.05) is 20.2 Å². The minimum Gasteiger partial charge on any atom is -0.494 e. The molecule has 0 aliphatic heterocycles. The van der Waals surface area contributed by atoms with Crippen LogP contribution in [0.2, 0.25) is 0 Å². The molecule has 3 nitrogen and oxygen atoms in total. The monoisotopic (exact) mass is 265 g/mol. The summed E-state index contributed by atoms with van der Waals surface area (Å²) in [5.41, 5.74) is 1.14. The van der Waals surface area contributed by atoms with E-state index in [-0.39, 0.29) is 5.60 Å². The molecule has 0 heterocycles. The Hall–Kier alpha value is -1.06. The molecule has 0 unspecified atom stereocenters. The molecule has 0 aliphatic carbocycles. The van der Waals surface area contributed by atoms with Gasteiger partial charge in [-0.15, -0.1) is 0 Å². The van der Waals surface area contributed by atoms with Gasteiger partial charge >= 0.3 is 0 Å². The number of nitrogens with one attached hydrogen (secondary N) is 1. The van der Waals surface area contributed by atoms with Crippen molar-refractivity contribution in [2.24, 2.45) is 0 Å². The van der Waals surface area contributed by atoms with Crippen LogP contribution in [0, 0.1) is 0 Å².